The zero-order valence-electron chi connectivity index (χ0n) is 15.7. The lowest BCUT2D eigenvalue weighted by Gasteiger charge is -2.12. The summed E-state index contributed by atoms with van der Waals surface area (Å²) in [5, 5.41) is 10.6. The van der Waals surface area contributed by atoms with Gasteiger partial charge in [-0.25, -0.2) is 0 Å². The van der Waals surface area contributed by atoms with E-state index in [-0.39, 0.29) is 18.2 Å². The van der Waals surface area contributed by atoms with Gasteiger partial charge in [0.05, 0.1) is 16.9 Å². The maximum atomic E-state index is 12.6. The number of hydrogen-bond acceptors (Lipinski definition) is 3. The van der Waals surface area contributed by atoms with Crippen molar-refractivity contribution in [3.05, 3.63) is 76.6 Å². The van der Waals surface area contributed by atoms with Gasteiger partial charge in [0.1, 0.15) is 0 Å². The molecule has 0 saturated heterocycles. The van der Waals surface area contributed by atoms with Crippen LogP contribution in [-0.2, 0) is 11.3 Å². The summed E-state index contributed by atoms with van der Waals surface area (Å²) in [6.45, 7) is 4.35. The van der Waals surface area contributed by atoms with Gasteiger partial charge in [0.15, 0.2) is 0 Å². The van der Waals surface area contributed by atoms with E-state index in [4.69, 9.17) is 11.6 Å². The van der Waals surface area contributed by atoms with Gasteiger partial charge in [0, 0.05) is 29.4 Å². The van der Waals surface area contributed by atoms with Gasteiger partial charge in [-0.3, -0.25) is 14.3 Å². The molecule has 3 aromatic rings. The average molecular weight is 397 g/mol. The smallest absolute Gasteiger partial charge is 0.257 e. The van der Waals surface area contributed by atoms with Crippen molar-refractivity contribution in [3.63, 3.8) is 0 Å². The first-order valence-electron chi connectivity index (χ1n) is 8.89. The highest BCUT2D eigenvalue weighted by Gasteiger charge is 2.14. The Kier molecular flexibility index (Phi) is 6.11. The van der Waals surface area contributed by atoms with Crippen LogP contribution in [-0.4, -0.2) is 21.6 Å². The molecular formula is C21H21ClN4O2. The van der Waals surface area contributed by atoms with Crippen molar-refractivity contribution >= 4 is 34.8 Å². The van der Waals surface area contributed by atoms with Crippen LogP contribution in [0.2, 0.25) is 5.02 Å². The van der Waals surface area contributed by atoms with Gasteiger partial charge in [-0.05, 0) is 56.3 Å². The fourth-order valence-corrected chi connectivity index (χ4v) is 2.97. The quantitative estimate of drug-likeness (QED) is 0.646. The Bertz CT molecular complexity index is 996. The first-order chi connectivity index (χ1) is 13.4. The second-order valence-corrected chi connectivity index (χ2v) is 6.89. The molecule has 0 unspecified atom stereocenters. The third-order valence-corrected chi connectivity index (χ3v) is 4.45. The Morgan fingerprint density at radius 1 is 1.04 bits per heavy atom. The van der Waals surface area contributed by atoms with E-state index in [1.807, 2.05) is 19.9 Å². The van der Waals surface area contributed by atoms with E-state index in [0.29, 0.717) is 28.5 Å². The number of carbonyl (C=O) groups is 2. The molecule has 0 atom stereocenters. The van der Waals surface area contributed by atoms with Crippen LogP contribution in [0.3, 0.4) is 0 Å². The summed E-state index contributed by atoms with van der Waals surface area (Å²) in [6, 6.07) is 15.7. The Balaban J connectivity index is 1.65. The molecule has 2 N–H and O–H groups in total. The largest absolute Gasteiger partial charge is 0.325 e. The number of para-hydroxylation sites is 1. The molecule has 0 aliphatic heterocycles. The molecule has 144 valence electrons. The van der Waals surface area contributed by atoms with Crippen molar-refractivity contribution in [2.24, 2.45) is 0 Å². The van der Waals surface area contributed by atoms with E-state index >= 15 is 0 Å². The van der Waals surface area contributed by atoms with Crippen LogP contribution >= 0.6 is 11.6 Å². The minimum atomic E-state index is -0.309. The predicted octanol–water partition coefficient (Wildman–Crippen LogP) is 4.43. The Labute approximate surface area is 168 Å². The van der Waals surface area contributed by atoms with Gasteiger partial charge < -0.3 is 10.6 Å². The van der Waals surface area contributed by atoms with E-state index in [2.05, 4.69) is 15.7 Å². The van der Waals surface area contributed by atoms with Crippen LogP contribution in [0, 0.1) is 13.8 Å². The number of halogens is 1. The molecule has 0 fully saturated rings. The fourth-order valence-electron chi connectivity index (χ4n) is 2.84. The number of benzene rings is 2. The summed E-state index contributed by atoms with van der Waals surface area (Å²) in [6.07, 6.45) is 0.259. The zero-order valence-corrected chi connectivity index (χ0v) is 16.5. The number of rotatable bonds is 6. The molecule has 6 nitrogen and oxygen atoms in total. The summed E-state index contributed by atoms with van der Waals surface area (Å²) in [4.78, 5) is 25.0. The third kappa shape index (κ3) is 4.98. The first-order valence-corrected chi connectivity index (χ1v) is 9.27. The molecule has 1 aromatic heterocycles. The molecule has 3 rings (SSSR count). The Hall–Kier alpha value is -3.12. The predicted molar refractivity (Wildman–Crippen MR) is 111 cm³/mol. The molecule has 2 aromatic carbocycles. The molecule has 0 aliphatic rings. The zero-order chi connectivity index (χ0) is 20.1. The molecule has 0 saturated carbocycles. The number of aryl methyl sites for hydroxylation is 3. The van der Waals surface area contributed by atoms with E-state index in [1.54, 1.807) is 53.2 Å². The van der Waals surface area contributed by atoms with E-state index in [9.17, 15) is 9.59 Å². The molecule has 7 heteroatoms. The van der Waals surface area contributed by atoms with Gasteiger partial charge in [-0.15, -0.1) is 0 Å². The highest BCUT2D eigenvalue weighted by Crippen LogP contribution is 2.19. The van der Waals surface area contributed by atoms with E-state index < -0.39 is 0 Å². The van der Waals surface area contributed by atoms with E-state index in [1.165, 1.54) is 0 Å². The van der Waals surface area contributed by atoms with Gasteiger partial charge in [0.2, 0.25) is 5.91 Å². The van der Waals surface area contributed by atoms with E-state index in [0.717, 1.165) is 11.4 Å². The second kappa shape index (κ2) is 8.71. The Morgan fingerprint density at radius 3 is 2.43 bits per heavy atom. The molecule has 2 amide bonds. The summed E-state index contributed by atoms with van der Waals surface area (Å²) in [7, 11) is 0. The van der Waals surface area contributed by atoms with Crippen molar-refractivity contribution in [1.82, 2.24) is 9.78 Å². The minimum Gasteiger partial charge on any atom is -0.325 e. The molecule has 1 heterocycles. The number of hydrogen-bond donors (Lipinski definition) is 2. The summed E-state index contributed by atoms with van der Waals surface area (Å²) >= 11 is 5.87. The number of nitrogens with zero attached hydrogens (tertiary/aromatic N) is 2. The maximum absolute atomic E-state index is 12.6. The lowest BCUT2D eigenvalue weighted by molar-refractivity contribution is -0.116. The number of nitrogens with one attached hydrogen (secondary N) is 2. The fraction of sp³-hybridized carbons (Fsp3) is 0.190. The number of anilines is 2. The third-order valence-electron chi connectivity index (χ3n) is 4.20. The SMILES string of the molecule is Cc1cc(C)n(CCC(=O)Nc2ccccc2C(=O)Nc2ccc(Cl)cc2)n1. The van der Waals surface area contributed by atoms with Crippen LogP contribution in [0.15, 0.2) is 54.6 Å². The van der Waals surface area contributed by atoms with Crippen LogP contribution in [0.4, 0.5) is 11.4 Å². The van der Waals surface area contributed by atoms with Gasteiger partial charge in [0.25, 0.3) is 5.91 Å². The number of aromatic nitrogens is 2. The first kappa shape index (κ1) is 19.6. The molecule has 0 spiro atoms. The molecule has 0 radical (unpaired) electrons. The van der Waals surface area contributed by atoms with Crippen molar-refractivity contribution in [1.29, 1.82) is 0 Å². The van der Waals surface area contributed by atoms with Crippen molar-refractivity contribution in [3.8, 4) is 0 Å². The van der Waals surface area contributed by atoms with Crippen LogP contribution in [0.1, 0.15) is 28.2 Å². The van der Waals surface area contributed by atoms with Gasteiger partial charge in [-0.1, -0.05) is 23.7 Å². The van der Waals surface area contributed by atoms with Gasteiger partial charge in [-0.2, -0.15) is 5.10 Å². The monoisotopic (exact) mass is 396 g/mol. The van der Waals surface area contributed by atoms with Crippen LogP contribution in [0.25, 0.3) is 0 Å². The second-order valence-electron chi connectivity index (χ2n) is 6.46. The summed E-state index contributed by atoms with van der Waals surface area (Å²) < 4.78 is 1.80. The van der Waals surface area contributed by atoms with Gasteiger partial charge >= 0.3 is 0 Å². The minimum absolute atomic E-state index is 0.181. The molecule has 28 heavy (non-hydrogen) atoms. The topological polar surface area (TPSA) is 76.0 Å². The maximum Gasteiger partial charge on any atom is 0.257 e. The molecule has 0 aliphatic carbocycles. The number of carbonyl (C=O) groups excluding carboxylic acids is 2. The van der Waals surface area contributed by atoms with Crippen molar-refractivity contribution in [2.75, 3.05) is 10.6 Å². The highest BCUT2D eigenvalue weighted by molar-refractivity contribution is 6.30. The normalized spacial score (nSPS) is 10.5. The summed E-state index contributed by atoms with van der Waals surface area (Å²) in [5.74, 6) is -0.490. The lowest BCUT2D eigenvalue weighted by Crippen LogP contribution is -2.19. The van der Waals surface area contributed by atoms with Crippen LogP contribution < -0.4 is 10.6 Å². The molecule has 0 bridgehead atoms. The Morgan fingerprint density at radius 2 is 1.75 bits per heavy atom. The number of amides is 2. The highest BCUT2D eigenvalue weighted by atomic mass is 35.5. The molecular weight excluding hydrogens is 376 g/mol. The van der Waals surface area contributed by atoms with Crippen LogP contribution in [0.5, 0.6) is 0 Å². The standard InChI is InChI=1S/C21H21ClN4O2/c1-14-13-15(2)26(25-14)12-11-20(27)24-19-6-4-3-5-18(19)21(28)23-17-9-7-16(22)8-10-17/h3-10,13H,11-12H2,1-2H3,(H,23,28)(H,24,27). The average Bonchev–Trinajstić information content (AvgIpc) is 2.99. The summed E-state index contributed by atoms with van der Waals surface area (Å²) in [5.41, 5.74) is 3.40. The van der Waals surface area contributed by atoms with Crippen molar-refractivity contribution in [2.45, 2.75) is 26.8 Å². The van der Waals surface area contributed by atoms with Crippen molar-refractivity contribution < 1.29 is 9.59 Å². The lowest BCUT2D eigenvalue weighted by atomic mass is 10.1.